The molecule has 33 heavy (non-hydrogen) atoms. The predicted molar refractivity (Wildman–Crippen MR) is 133 cm³/mol. The summed E-state index contributed by atoms with van der Waals surface area (Å²) >= 11 is 1.75. The highest BCUT2D eigenvalue weighted by Crippen LogP contribution is 2.35. The van der Waals surface area contributed by atoms with Crippen molar-refractivity contribution in [1.29, 1.82) is 0 Å². The van der Waals surface area contributed by atoms with Gasteiger partial charge in [-0.3, -0.25) is 9.59 Å². The second-order valence-electron chi connectivity index (χ2n) is 10.0. The summed E-state index contributed by atoms with van der Waals surface area (Å²) in [7, 11) is 0. The number of carbonyl (C=O) groups is 2. The molecule has 0 unspecified atom stereocenters. The predicted octanol–water partition coefficient (Wildman–Crippen LogP) is 5.15. The van der Waals surface area contributed by atoms with E-state index < -0.39 is 0 Å². The zero-order chi connectivity index (χ0) is 23.5. The fourth-order valence-corrected chi connectivity index (χ4v) is 5.53. The number of amides is 2. The fraction of sp³-hybridized carbons (Fsp3) is 0.556. The Balaban J connectivity index is 1.49. The van der Waals surface area contributed by atoms with E-state index >= 15 is 0 Å². The van der Waals surface area contributed by atoms with Crippen LogP contribution in [0.5, 0.6) is 5.75 Å². The first kappa shape index (κ1) is 23.8. The summed E-state index contributed by atoms with van der Waals surface area (Å²) in [5, 5.41) is 2.11. The van der Waals surface area contributed by atoms with E-state index in [-0.39, 0.29) is 30.3 Å². The van der Waals surface area contributed by atoms with E-state index in [9.17, 15) is 9.59 Å². The maximum Gasteiger partial charge on any atom is 0.242 e. The minimum atomic E-state index is -0.129. The molecule has 0 N–H and O–H groups in total. The quantitative estimate of drug-likeness (QED) is 0.511. The molecule has 5 nitrogen and oxygen atoms in total. The number of aryl methyl sites for hydroxylation is 2. The largest absolute Gasteiger partial charge is 0.491 e. The van der Waals surface area contributed by atoms with Gasteiger partial charge in [-0.1, -0.05) is 31.5 Å². The summed E-state index contributed by atoms with van der Waals surface area (Å²) in [6.45, 7) is 10.2. The lowest BCUT2D eigenvalue weighted by molar-refractivity contribution is -0.143. The molecule has 1 atom stereocenters. The van der Waals surface area contributed by atoms with E-state index in [4.69, 9.17) is 4.74 Å². The Morgan fingerprint density at radius 1 is 1.21 bits per heavy atom. The number of fused-ring (bicyclic) bond motifs is 1. The average Bonchev–Trinajstić information content (AvgIpc) is 3.44. The van der Waals surface area contributed by atoms with Crippen LogP contribution in [0.15, 0.2) is 29.6 Å². The monoisotopic (exact) mass is 468 g/mol. The van der Waals surface area contributed by atoms with E-state index in [0.717, 1.165) is 30.6 Å². The summed E-state index contributed by atoms with van der Waals surface area (Å²) in [5.41, 5.74) is 3.49. The van der Waals surface area contributed by atoms with Crippen LogP contribution >= 0.6 is 11.3 Å². The highest BCUT2D eigenvalue weighted by molar-refractivity contribution is 7.10. The van der Waals surface area contributed by atoms with Gasteiger partial charge in [0.2, 0.25) is 11.8 Å². The van der Waals surface area contributed by atoms with Crippen LogP contribution in [0.1, 0.15) is 60.7 Å². The van der Waals surface area contributed by atoms with E-state index in [1.807, 2.05) is 15.9 Å². The fourth-order valence-electron chi connectivity index (χ4n) is 4.60. The van der Waals surface area contributed by atoms with Crippen molar-refractivity contribution in [1.82, 2.24) is 9.80 Å². The Bertz CT molecular complexity index is 995. The third-order valence-corrected chi connectivity index (χ3v) is 7.58. The van der Waals surface area contributed by atoms with Gasteiger partial charge in [0.1, 0.15) is 12.4 Å². The lowest BCUT2D eigenvalue weighted by atomic mass is 10.00. The van der Waals surface area contributed by atoms with Crippen LogP contribution < -0.4 is 4.74 Å². The SMILES string of the molecule is Cc1ccc(OC[C@H]2c3ccsc3CCN2C(=O)CN(CC2CC2)C(=O)CC(C)C)c(C)c1. The van der Waals surface area contributed by atoms with Crippen LogP contribution in [-0.4, -0.2) is 47.9 Å². The topological polar surface area (TPSA) is 49.9 Å². The minimum absolute atomic E-state index is 0.0267. The van der Waals surface area contributed by atoms with Gasteiger partial charge in [0, 0.05) is 24.4 Å². The van der Waals surface area contributed by atoms with Crippen molar-refractivity contribution in [3.05, 3.63) is 51.2 Å². The van der Waals surface area contributed by atoms with Gasteiger partial charge in [-0.05, 0) is 73.6 Å². The summed E-state index contributed by atoms with van der Waals surface area (Å²) in [5.74, 6) is 1.83. The van der Waals surface area contributed by atoms with Crippen molar-refractivity contribution in [2.75, 3.05) is 26.2 Å². The summed E-state index contributed by atoms with van der Waals surface area (Å²) in [6.07, 6.45) is 3.68. The number of ether oxygens (including phenoxy) is 1. The third-order valence-electron chi connectivity index (χ3n) is 6.58. The van der Waals surface area contributed by atoms with Crippen LogP contribution in [-0.2, 0) is 16.0 Å². The smallest absolute Gasteiger partial charge is 0.242 e. The molecule has 1 fully saturated rings. The first-order valence-corrected chi connectivity index (χ1v) is 13.0. The molecule has 6 heteroatoms. The minimum Gasteiger partial charge on any atom is -0.491 e. The molecule has 0 saturated heterocycles. The van der Waals surface area contributed by atoms with E-state index in [0.29, 0.717) is 32.0 Å². The highest BCUT2D eigenvalue weighted by Gasteiger charge is 2.35. The van der Waals surface area contributed by atoms with Crippen LogP contribution in [0.3, 0.4) is 0 Å². The Labute approximate surface area is 201 Å². The maximum atomic E-state index is 13.5. The number of benzene rings is 1. The maximum absolute atomic E-state index is 13.5. The number of nitrogens with zero attached hydrogens (tertiary/aromatic N) is 2. The molecule has 0 spiro atoms. The molecule has 2 heterocycles. The van der Waals surface area contributed by atoms with Crippen molar-refractivity contribution in [2.45, 2.75) is 59.4 Å². The number of thiophene rings is 1. The molecule has 2 amide bonds. The molecule has 1 saturated carbocycles. The van der Waals surface area contributed by atoms with Gasteiger partial charge in [-0.25, -0.2) is 0 Å². The van der Waals surface area contributed by atoms with Crippen LogP contribution in [0.4, 0.5) is 0 Å². The second kappa shape index (κ2) is 10.3. The Morgan fingerprint density at radius 3 is 2.70 bits per heavy atom. The molecular formula is C27H36N2O3S. The van der Waals surface area contributed by atoms with Crippen molar-refractivity contribution >= 4 is 23.2 Å². The molecule has 178 valence electrons. The normalized spacial score (nSPS) is 17.7. The van der Waals surface area contributed by atoms with Gasteiger partial charge in [0.15, 0.2) is 0 Å². The van der Waals surface area contributed by atoms with Crippen molar-refractivity contribution in [3.63, 3.8) is 0 Å². The Hall–Kier alpha value is -2.34. The zero-order valence-electron chi connectivity index (χ0n) is 20.3. The summed E-state index contributed by atoms with van der Waals surface area (Å²) in [6, 6.07) is 8.18. The molecular weight excluding hydrogens is 432 g/mol. The molecule has 4 rings (SSSR count). The standard InChI is InChI=1S/C27H36N2O3S/c1-18(2)13-26(30)28(15-21-6-7-21)16-27(31)29-11-9-25-22(10-12-33-25)23(29)17-32-24-8-5-19(3)14-20(24)4/h5,8,10,12,14,18,21,23H,6-7,9,11,13,15-17H2,1-4H3/t23-/m0/s1. The van der Waals surface area contributed by atoms with Crippen LogP contribution in [0.25, 0.3) is 0 Å². The Morgan fingerprint density at radius 2 is 2.00 bits per heavy atom. The summed E-state index contributed by atoms with van der Waals surface area (Å²) < 4.78 is 6.25. The first-order valence-electron chi connectivity index (χ1n) is 12.2. The van der Waals surface area contributed by atoms with Gasteiger partial charge >= 0.3 is 0 Å². The van der Waals surface area contributed by atoms with Gasteiger partial charge in [-0.15, -0.1) is 11.3 Å². The van der Waals surface area contributed by atoms with E-state index in [1.54, 1.807) is 11.3 Å². The molecule has 1 aromatic carbocycles. The van der Waals surface area contributed by atoms with Gasteiger partial charge < -0.3 is 14.5 Å². The van der Waals surface area contributed by atoms with Gasteiger partial charge in [0.25, 0.3) is 0 Å². The third kappa shape index (κ3) is 5.97. The van der Waals surface area contributed by atoms with Gasteiger partial charge in [0.05, 0.1) is 12.6 Å². The summed E-state index contributed by atoms with van der Waals surface area (Å²) in [4.78, 5) is 31.5. The molecule has 2 aromatic rings. The van der Waals surface area contributed by atoms with Gasteiger partial charge in [-0.2, -0.15) is 0 Å². The molecule has 2 aliphatic rings. The molecule has 0 bridgehead atoms. The van der Waals surface area contributed by atoms with Crippen molar-refractivity contribution in [2.24, 2.45) is 11.8 Å². The average molecular weight is 469 g/mol. The van der Waals surface area contributed by atoms with Crippen LogP contribution in [0, 0.1) is 25.7 Å². The number of hydrogen-bond acceptors (Lipinski definition) is 4. The first-order chi connectivity index (χ1) is 15.8. The number of hydrogen-bond donors (Lipinski definition) is 0. The number of carbonyl (C=O) groups excluding carboxylic acids is 2. The Kier molecular flexibility index (Phi) is 7.42. The zero-order valence-corrected chi connectivity index (χ0v) is 21.1. The second-order valence-corrected chi connectivity index (χ2v) is 11.0. The molecule has 0 radical (unpaired) electrons. The van der Waals surface area contributed by atoms with Crippen molar-refractivity contribution < 1.29 is 14.3 Å². The number of rotatable bonds is 9. The molecule has 1 aliphatic heterocycles. The van der Waals surface area contributed by atoms with E-state index in [1.165, 1.54) is 16.0 Å². The lowest BCUT2D eigenvalue weighted by Gasteiger charge is -2.37. The lowest BCUT2D eigenvalue weighted by Crippen LogP contribution is -2.48. The molecule has 1 aliphatic carbocycles. The highest BCUT2D eigenvalue weighted by atomic mass is 32.1. The van der Waals surface area contributed by atoms with Crippen molar-refractivity contribution in [3.8, 4) is 5.75 Å². The van der Waals surface area contributed by atoms with Crippen LogP contribution in [0.2, 0.25) is 0 Å². The molecule has 1 aromatic heterocycles. The van der Waals surface area contributed by atoms with E-state index in [2.05, 4.69) is 51.3 Å².